The highest BCUT2D eigenvalue weighted by atomic mass is 16.4. The van der Waals surface area contributed by atoms with Gasteiger partial charge in [0.05, 0.1) is 0 Å². The van der Waals surface area contributed by atoms with Crippen molar-refractivity contribution in [3.05, 3.63) is 18.0 Å². The lowest BCUT2D eigenvalue weighted by Gasteiger charge is -2.27. The Morgan fingerprint density at radius 2 is 2.05 bits per heavy atom. The Morgan fingerprint density at radius 1 is 1.37 bits per heavy atom. The first-order valence-corrected chi connectivity index (χ1v) is 6.99. The number of carboxylic acid groups (broad SMARTS) is 1. The molecule has 1 aliphatic carbocycles. The molecular formula is C14H21N3O2. The van der Waals surface area contributed by atoms with Gasteiger partial charge in [-0.25, -0.2) is 14.8 Å². The number of nitrogens with one attached hydrogen (secondary N) is 1. The molecule has 1 fully saturated rings. The van der Waals surface area contributed by atoms with Crippen molar-refractivity contribution < 1.29 is 9.90 Å². The van der Waals surface area contributed by atoms with Gasteiger partial charge in [-0.15, -0.1) is 0 Å². The normalized spacial score (nSPS) is 23.0. The maximum Gasteiger partial charge on any atom is 0.354 e. The molecule has 1 aromatic rings. The summed E-state index contributed by atoms with van der Waals surface area (Å²) in [5, 5.41) is 12.0. The lowest BCUT2D eigenvalue weighted by molar-refractivity contribution is 0.0690. The third-order valence-electron chi connectivity index (χ3n) is 3.97. The van der Waals surface area contributed by atoms with E-state index >= 15 is 0 Å². The molecule has 2 N–H and O–H groups in total. The summed E-state index contributed by atoms with van der Waals surface area (Å²) in [7, 11) is 0. The van der Waals surface area contributed by atoms with Gasteiger partial charge in [0.2, 0.25) is 5.95 Å². The Bertz CT molecular complexity index is 428. The molecule has 0 aliphatic heterocycles. The Balaban J connectivity index is 1.82. The molecule has 5 heteroatoms. The summed E-state index contributed by atoms with van der Waals surface area (Å²) in [5.74, 6) is 0.939. The molecule has 104 valence electrons. The van der Waals surface area contributed by atoms with Crippen molar-refractivity contribution in [1.82, 2.24) is 9.97 Å². The molecule has 2 rings (SSSR count). The lowest BCUT2D eigenvalue weighted by atomic mass is 9.81. The summed E-state index contributed by atoms with van der Waals surface area (Å²) in [5.41, 5.74) is 0.0344. The van der Waals surface area contributed by atoms with Crippen LogP contribution in [0.2, 0.25) is 0 Å². The Hall–Kier alpha value is -1.65. The first-order valence-electron chi connectivity index (χ1n) is 6.99. The minimum Gasteiger partial charge on any atom is -0.477 e. The smallest absolute Gasteiger partial charge is 0.354 e. The van der Waals surface area contributed by atoms with E-state index in [1.807, 2.05) is 0 Å². The van der Waals surface area contributed by atoms with Crippen LogP contribution in [0.15, 0.2) is 12.3 Å². The van der Waals surface area contributed by atoms with E-state index in [1.54, 1.807) is 0 Å². The number of nitrogens with zero attached hydrogens (tertiary/aromatic N) is 2. The van der Waals surface area contributed by atoms with Gasteiger partial charge >= 0.3 is 5.97 Å². The van der Waals surface area contributed by atoms with Crippen molar-refractivity contribution >= 4 is 11.9 Å². The second-order valence-corrected chi connectivity index (χ2v) is 5.25. The van der Waals surface area contributed by atoms with E-state index in [0.29, 0.717) is 11.9 Å². The molecule has 0 spiro atoms. The maximum atomic E-state index is 10.8. The van der Waals surface area contributed by atoms with Crippen LogP contribution in [0.3, 0.4) is 0 Å². The van der Waals surface area contributed by atoms with E-state index < -0.39 is 5.97 Å². The van der Waals surface area contributed by atoms with Crippen LogP contribution in [0.1, 0.15) is 49.5 Å². The van der Waals surface area contributed by atoms with Crippen LogP contribution in [0.5, 0.6) is 0 Å². The first kappa shape index (κ1) is 13.8. The molecule has 1 heterocycles. The number of aromatic carboxylic acids is 1. The summed E-state index contributed by atoms with van der Waals surface area (Å²) >= 11 is 0. The highest BCUT2D eigenvalue weighted by molar-refractivity contribution is 5.85. The molecule has 0 amide bonds. The van der Waals surface area contributed by atoms with Crippen molar-refractivity contribution in [1.29, 1.82) is 0 Å². The van der Waals surface area contributed by atoms with E-state index in [0.717, 1.165) is 12.5 Å². The second-order valence-electron chi connectivity index (χ2n) is 5.25. The highest BCUT2D eigenvalue weighted by Crippen LogP contribution is 2.30. The molecular weight excluding hydrogens is 242 g/mol. The standard InChI is InChI=1S/C14H21N3O2/c1-2-10-3-5-11(6-4-10)9-16-14-15-8-7-12(17-14)13(18)19/h7-8,10-11H,2-6,9H2,1H3,(H,18,19)(H,15,16,17). The number of carboxylic acids is 1. The molecule has 0 aromatic carbocycles. The van der Waals surface area contributed by atoms with Crippen LogP contribution in [-0.4, -0.2) is 27.6 Å². The molecule has 1 saturated carbocycles. The van der Waals surface area contributed by atoms with Gasteiger partial charge in [-0.2, -0.15) is 0 Å². The largest absolute Gasteiger partial charge is 0.477 e. The summed E-state index contributed by atoms with van der Waals surface area (Å²) in [6, 6.07) is 1.40. The van der Waals surface area contributed by atoms with Crippen molar-refractivity contribution in [3.8, 4) is 0 Å². The summed E-state index contributed by atoms with van der Waals surface area (Å²) < 4.78 is 0. The van der Waals surface area contributed by atoms with Gasteiger partial charge in [0.15, 0.2) is 5.69 Å². The average Bonchev–Trinajstić information content (AvgIpc) is 2.46. The van der Waals surface area contributed by atoms with Gasteiger partial charge in [-0.1, -0.05) is 26.2 Å². The maximum absolute atomic E-state index is 10.8. The quantitative estimate of drug-likeness (QED) is 0.854. The first-order chi connectivity index (χ1) is 9.19. The zero-order valence-corrected chi connectivity index (χ0v) is 11.3. The zero-order valence-electron chi connectivity index (χ0n) is 11.3. The minimum absolute atomic E-state index is 0.0344. The fraction of sp³-hybridized carbons (Fsp3) is 0.643. The SMILES string of the molecule is CCC1CCC(CNc2nccc(C(=O)O)n2)CC1. The van der Waals surface area contributed by atoms with Gasteiger partial charge in [0, 0.05) is 12.7 Å². The number of hydrogen-bond acceptors (Lipinski definition) is 4. The molecule has 0 radical (unpaired) electrons. The van der Waals surface area contributed by atoms with Crippen LogP contribution in [0.25, 0.3) is 0 Å². The van der Waals surface area contributed by atoms with Crippen LogP contribution in [-0.2, 0) is 0 Å². The van der Waals surface area contributed by atoms with E-state index in [-0.39, 0.29) is 5.69 Å². The van der Waals surface area contributed by atoms with E-state index in [4.69, 9.17) is 5.11 Å². The Labute approximate surface area is 113 Å². The third-order valence-corrected chi connectivity index (χ3v) is 3.97. The molecule has 0 unspecified atom stereocenters. The summed E-state index contributed by atoms with van der Waals surface area (Å²) in [4.78, 5) is 18.8. The molecule has 5 nitrogen and oxygen atoms in total. The van der Waals surface area contributed by atoms with Gasteiger partial charge in [-0.05, 0) is 30.7 Å². The molecule has 0 atom stereocenters. The third kappa shape index (κ3) is 3.91. The number of hydrogen-bond donors (Lipinski definition) is 2. The minimum atomic E-state index is -1.02. The van der Waals surface area contributed by atoms with Gasteiger partial charge in [0.25, 0.3) is 0 Å². The monoisotopic (exact) mass is 263 g/mol. The fourth-order valence-electron chi connectivity index (χ4n) is 2.64. The Kier molecular flexibility index (Phi) is 4.71. The van der Waals surface area contributed by atoms with Crippen molar-refractivity contribution in [2.45, 2.75) is 39.0 Å². The Morgan fingerprint density at radius 3 is 2.68 bits per heavy atom. The average molecular weight is 263 g/mol. The second kappa shape index (κ2) is 6.50. The van der Waals surface area contributed by atoms with Gasteiger partial charge in [-0.3, -0.25) is 0 Å². The van der Waals surface area contributed by atoms with Crippen molar-refractivity contribution in [3.63, 3.8) is 0 Å². The predicted molar refractivity (Wildman–Crippen MR) is 73.2 cm³/mol. The van der Waals surface area contributed by atoms with Crippen LogP contribution in [0.4, 0.5) is 5.95 Å². The van der Waals surface area contributed by atoms with Crippen LogP contribution in [0, 0.1) is 11.8 Å². The van der Waals surface area contributed by atoms with E-state index in [2.05, 4.69) is 22.2 Å². The molecule has 0 saturated heterocycles. The van der Waals surface area contributed by atoms with Gasteiger partial charge < -0.3 is 10.4 Å². The molecule has 19 heavy (non-hydrogen) atoms. The zero-order chi connectivity index (χ0) is 13.7. The number of rotatable bonds is 5. The molecule has 0 bridgehead atoms. The van der Waals surface area contributed by atoms with Crippen LogP contribution < -0.4 is 5.32 Å². The lowest BCUT2D eigenvalue weighted by Crippen LogP contribution is -2.22. The summed E-state index contributed by atoms with van der Waals surface area (Å²) in [6.07, 6.45) is 7.85. The fourth-order valence-corrected chi connectivity index (χ4v) is 2.64. The predicted octanol–water partition coefficient (Wildman–Crippen LogP) is 2.80. The topological polar surface area (TPSA) is 75.1 Å². The molecule has 1 aromatic heterocycles. The van der Waals surface area contributed by atoms with E-state index in [1.165, 1.54) is 44.4 Å². The van der Waals surface area contributed by atoms with Crippen molar-refractivity contribution in [2.24, 2.45) is 11.8 Å². The number of carbonyl (C=O) groups is 1. The number of anilines is 1. The number of aromatic nitrogens is 2. The highest BCUT2D eigenvalue weighted by Gasteiger charge is 2.19. The summed E-state index contributed by atoms with van der Waals surface area (Å²) in [6.45, 7) is 3.09. The van der Waals surface area contributed by atoms with Gasteiger partial charge in [0.1, 0.15) is 0 Å². The van der Waals surface area contributed by atoms with E-state index in [9.17, 15) is 4.79 Å². The van der Waals surface area contributed by atoms with Crippen molar-refractivity contribution in [2.75, 3.05) is 11.9 Å². The molecule has 1 aliphatic rings. The van der Waals surface area contributed by atoms with Crippen LogP contribution >= 0.6 is 0 Å².